The fourth-order valence-corrected chi connectivity index (χ4v) is 4.74. The molecular formula is C20H22FN3O2S. The zero-order chi connectivity index (χ0) is 18.8. The quantitative estimate of drug-likeness (QED) is 0.857. The first-order valence-corrected chi connectivity index (χ1v) is 10.2. The number of carbonyl (C=O) groups excluding carboxylic acids is 2. The Labute approximate surface area is 161 Å². The number of hydrogen-bond donors (Lipinski definition) is 1. The summed E-state index contributed by atoms with van der Waals surface area (Å²) in [4.78, 5) is 32.4. The van der Waals surface area contributed by atoms with Crippen molar-refractivity contribution in [1.82, 2.24) is 9.88 Å². The van der Waals surface area contributed by atoms with Gasteiger partial charge in [0.1, 0.15) is 5.82 Å². The minimum atomic E-state index is -0.341. The summed E-state index contributed by atoms with van der Waals surface area (Å²) in [5, 5.41) is 3.57. The number of likely N-dealkylation sites (tertiary alicyclic amines) is 1. The minimum Gasteiger partial charge on any atom is -0.342 e. The molecule has 0 radical (unpaired) electrons. The first-order chi connectivity index (χ1) is 13.1. The predicted octanol–water partition coefficient (Wildman–Crippen LogP) is 3.19. The average molecular weight is 387 g/mol. The molecule has 0 spiro atoms. The summed E-state index contributed by atoms with van der Waals surface area (Å²) in [7, 11) is 0. The van der Waals surface area contributed by atoms with Crippen LogP contribution in [0.3, 0.4) is 0 Å². The SMILES string of the molecule is O=C(Nc1nc2c(s1)CCCC2)[C@H]1CC(=O)N(CCc2ccc(F)cc2)C1. The Hall–Kier alpha value is -2.28. The number of aromatic nitrogens is 1. The number of amides is 2. The van der Waals surface area contributed by atoms with E-state index in [0.717, 1.165) is 30.5 Å². The molecule has 1 atom stereocenters. The molecule has 2 aliphatic rings. The second-order valence-electron chi connectivity index (χ2n) is 7.20. The third-order valence-electron chi connectivity index (χ3n) is 5.24. The van der Waals surface area contributed by atoms with E-state index < -0.39 is 0 Å². The molecule has 1 fully saturated rings. The molecule has 142 valence electrons. The third-order valence-corrected chi connectivity index (χ3v) is 6.32. The molecule has 1 aromatic carbocycles. The van der Waals surface area contributed by atoms with E-state index in [1.54, 1.807) is 28.4 Å². The van der Waals surface area contributed by atoms with Gasteiger partial charge in [-0.2, -0.15) is 0 Å². The number of aryl methyl sites for hydroxylation is 2. The van der Waals surface area contributed by atoms with Crippen molar-refractivity contribution in [3.63, 3.8) is 0 Å². The maximum atomic E-state index is 13.0. The predicted molar refractivity (Wildman–Crippen MR) is 102 cm³/mol. The van der Waals surface area contributed by atoms with Crippen molar-refractivity contribution in [2.45, 2.75) is 38.5 Å². The standard InChI is InChI=1S/C20H22FN3O2S/c21-15-7-5-13(6-8-15)9-10-24-12-14(11-18(24)25)19(26)23-20-22-16-3-1-2-4-17(16)27-20/h5-8,14H,1-4,9-12H2,(H,22,23,26)/t14-/m0/s1. The van der Waals surface area contributed by atoms with Gasteiger partial charge in [-0.15, -0.1) is 11.3 Å². The smallest absolute Gasteiger partial charge is 0.231 e. The number of benzene rings is 1. The van der Waals surface area contributed by atoms with Gasteiger partial charge in [0.25, 0.3) is 0 Å². The summed E-state index contributed by atoms with van der Waals surface area (Å²) in [6.07, 6.45) is 5.26. The van der Waals surface area contributed by atoms with Gasteiger partial charge in [0.2, 0.25) is 11.8 Å². The summed E-state index contributed by atoms with van der Waals surface area (Å²) in [6, 6.07) is 6.30. The van der Waals surface area contributed by atoms with Crippen molar-refractivity contribution in [1.29, 1.82) is 0 Å². The molecule has 2 heterocycles. The molecule has 1 N–H and O–H groups in total. The largest absolute Gasteiger partial charge is 0.342 e. The molecule has 1 aliphatic heterocycles. The highest BCUT2D eigenvalue weighted by molar-refractivity contribution is 7.15. The van der Waals surface area contributed by atoms with E-state index >= 15 is 0 Å². The van der Waals surface area contributed by atoms with Crippen LogP contribution in [0.5, 0.6) is 0 Å². The van der Waals surface area contributed by atoms with Crippen molar-refractivity contribution in [3.05, 3.63) is 46.2 Å². The lowest BCUT2D eigenvalue weighted by atomic mass is 10.0. The van der Waals surface area contributed by atoms with Gasteiger partial charge in [-0.05, 0) is 49.8 Å². The van der Waals surface area contributed by atoms with Crippen molar-refractivity contribution >= 4 is 28.3 Å². The van der Waals surface area contributed by atoms with Crippen LogP contribution in [0.25, 0.3) is 0 Å². The first-order valence-electron chi connectivity index (χ1n) is 9.40. The van der Waals surface area contributed by atoms with Gasteiger partial charge in [0, 0.05) is 24.4 Å². The number of halogens is 1. The molecular weight excluding hydrogens is 365 g/mol. The number of nitrogens with one attached hydrogen (secondary N) is 1. The molecule has 1 aromatic heterocycles. The first kappa shape index (κ1) is 18.1. The fourth-order valence-electron chi connectivity index (χ4n) is 3.69. The third kappa shape index (κ3) is 4.18. The van der Waals surface area contributed by atoms with Crippen molar-refractivity contribution in [2.75, 3.05) is 18.4 Å². The van der Waals surface area contributed by atoms with Crippen LogP contribution in [0.15, 0.2) is 24.3 Å². The number of rotatable bonds is 5. The second-order valence-corrected chi connectivity index (χ2v) is 8.29. The summed E-state index contributed by atoms with van der Waals surface area (Å²) in [5.74, 6) is -0.738. The van der Waals surface area contributed by atoms with Crippen LogP contribution in [0, 0.1) is 11.7 Å². The Morgan fingerprint density at radius 1 is 1.26 bits per heavy atom. The summed E-state index contributed by atoms with van der Waals surface area (Å²) < 4.78 is 13.0. The molecule has 4 rings (SSSR count). The number of hydrogen-bond acceptors (Lipinski definition) is 4. The number of fused-ring (bicyclic) bond motifs is 1. The molecule has 0 unspecified atom stereocenters. The molecule has 27 heavy (non-hydrogen) atoms. The van der Waals surface area contributed by atoms with Crippen LogP contribution >= 0.6 is 11.3 Å². The highest BCUT2D eigenvalue weighted by Gasteiger charge is 2.34. The number of carbonyl (C=O) groups is 2. The summed E-state index contributed by atoms with van der Waals surface area (Å²) in [6.45, 7) is 0.969. The topological polar surface area (TPSA) is 62.3 Å². The minimum absolute atomic E-state index is 0.00399. The van der Waals surface area contributed by atoms with Gasteiger partial charge in [-0.25, -0.2) is 9.37 Å². The van der Waals surface area contributed by atoms with Gasteiger partial charge >= 0.3 is 0 Å². The maximum absolute atomic E-state index is 13.0. The molecule has 2 aromatic rings. The van der Waals surface area contributed by atoms with Gasteiger partial charge in [0.05, 0.1) is 11.6 Å². The zero-order valence-corrected chi connectivity index (χ0v) is 15.9. The average Bonchev–Trinajstić information content (AvgIpc) is 3.24. The normalized spacial score (nSPS) is 19.2. The Balaban J connectivity index is 1.32. The molecule has 2 amide bonds. The van der Waals surface area contributed by atoms with Crippen LogP contribution in [0.1, 0.15) is 35.4 Å². The highest BCUT2D eigenvalue weighted by Crippen LogP contribution is 2.30. The van der Waals surface area contributed by atoms with Crippen LogP contribution in [-0.2, 0) is 28.9 Å². The Morgan fingerprint density at radius 2 is 2.04 bits per heavy atom. The Kier molecular flexibility index (Phi) is 5.20. The van der Waals surface area contributed by atoms with E-state index in [0.29, 0.717) is 24.6 Å². The van der Waals surface area contributed by atoms with Gasteiger partial charge in [0.15, 0.2) is 5.13 Å². The lowest BCUT2D eigenvalue weighted by Gasteiger charge is -2.16. The van der Waals surface area contributed by atoms with E-state index in [-0.39, 0.29) is 30.0 Å². The lowest BCUT2D eigenvalue weighted by molar-refractivity contribution is -0.128. The van der Waals surface area contributed by atoms with E-state index in [2.05, 4.69) is 10.3 Å². The maximum Gasteiger partial charge on any atom is 0.231 e. The number of thiazole rings is 1. The fraction of sp³-hybridized carbons (Fsp3) is 0.450. The van der Waals surface area contributed by atoms with Crippen molar-refractivity contribution < 1.29 is 14.0 Å². The van der Waals surface area contributed by atoms with Gasteiger partial charge < -0.3 is 10.2 Å². The van der Waals surface area contributed by atoms with Gasteiger partial charge in [-0.3, -0.25) is 9.59 Å². The van der Waals surface area contributed by atoms with E-state index in [1.165, 1.54) is 23.4 Å². The summed E-state index contributed by atoms with van der Waals surface area (Å²) >= 11 is 1.56. The van der Waals surface area contributed by atoms with Crippen molar-refractivity contribution in [2.24, 2.45) is 5.92 Å². The molecule has 0 saturated carbocycles. The van der Waals surface area contributed by atoms with Crippen LogP contribution in [0.4, 0.5) is 9.52 Å². The second kappa shape index (κ2) is 7.76. The Morgan fingerprint density at radius 3 is 2.81 bits per heavy atom. The molecule has 1 aliphatic carbocycles. The molecule has 5 nitrogen and oxygen atoms in total. The van der Waals surface area contributed by atoms with E-state index in [1.807, 2.05) is 0 Å². The van der Waals surface area contributed by atoms with Crippen molar-refractivity contribution in [3.8, 4) is 0 Å². The van der Waals surface area contributed by atoms with Crippen LogP contribution in [-0.4, -0.2) is 34.8 Å². The molecule has 7 heteroatoms. The Bertz CT molecular complexity index is 826. The summed E-state index contributed by atoms with van der Waals surface area (Å²) in [5.41, 5.74) is 2.09. The van der Waals surface area contributed by atoms with E-state index in [9.17, 15) is 14.0 Å². The number of anilines is 1. The number of nitrogens with zero attached hydrogens (tertiary/aromatic N) is 2. The molecule has 0 bridgehead atoms. The van der Waals surface area contributed by atoms with Crippen LogP contribution in [0.2, 0.25) is 0 Å². The lowest BCUT2D eigenvalue weighted by Crippen LogP contribution is -2.30. The van der Waals surface area contributed by atoms with Crippen LogP contribution < -0.4 is 5.32 Å². The molecule has 1 saturated heterocycles. The zero-order valence-electron chi connectivity index (χ0n) is 15.0. The highest BCUT2D eigenvalue weighted by atomic mass is 32.1. The van der Waals surface area contributed by atoms with E-state index in [4.69, 9.17) is 0 Å². The van der Waals surface area contributed by atoms with Gasteiger partial charge in [-0.1, -0.05) is 12.1 Å². The monoisotopic (exact) mass is 387 g/mol.